The Morgan fingerprint density at radius 1 is 1.05 bits per heavy atom. The van der Waals surface area contributed by atoms with E-state index in [9.17, 15) is 4.79 Å². The Kier molecular flexibility index (Phi) is 8.61. The molecule has 1 amide bonds. The predicted molar refractivity (Wildman–Crippen MR) is 146 cm³/mol. The molecule has 1 fully saturated rings. The number of aromatic nitrogens is 4. The van der Waals surface area contributed by atoms with Gasteiger partial charge in [0.2, 0.25) is 12.7 Å². The maximum absolute atomic E-state index is 13.8. The molecule has 5 rings (SSSR count). The molecule has 10 nitrogen and oxygen atoms in total. The molecular weight excluding hydrogens is 496 g/mol. The lowest BCUT2D eigenvalue weighted by Crippen LogP contribution is -2.41. The van der Waals surface area contributed by atoms with Crippen LogP contribution in [-0.2, 0) is 4.79 Å². The standard InChI is InChI=1S/C29H38N6O4/c1-4-6-14-34(15-7-5-2)26(36)18-35-17-23(21-10-13-24-25(16-21)39-19-38-24)27(29-30-32-33-31-29)28(35)20-8-11-22(37-3)12-9-20/h8-13,16,23,27-28H,4-7,14-15,17-19H2,1-3H3,(H,30,31,32,33)/t23-,27+,28-/m1/s1. The Bertz CT molecular complexity index is 1210. The Balaban J connectivity index is 1.52. The largest absolute Gasteiger partial charge is 0.497 e. The number of benzene rings is 2. The number of rotatable bonds is 12. The summed E-state index contributed by atoms with van der Waals surface area (Å²) in [6.45, 7) is 7.10. The normalized spacial score (nSPS) is 20.3. The molecule has 0 aliphatic carbocycles. The van der Waals surface area contributed by atoms with Crippen LogP contribution in [0.4, 0.5) is 0 Å². The molecule has 1 aromatic heterocycles. The third kappa shape index (κ3) is 5.85. The van der Waals surface area contributed by atoms with E-state index < -0.39 is 0 Å². The summed E-state index contributed by atoms with van der Waals surface area (Å²) in [6.07, 6.45) is 4.12. The second-order valence-electron chi connectivity index (χ2n) is 10.3. The highest BCUT2D eigenvalue weighted by atomic mass is 16.7. The van der Waals surface area contributed by atoms with Gasteiger partial charge in [0.1, 0.15) is 5.75 Å². The van der Waals surface area contributed by atoms with E-state index in [1.165, 1.54) is 0 Å². The lowest BCUT2D eigenvalue weighted by atomic mass is 9.82. The van der Waals surface area contributed by atoms with E-state index in [4.69, 9.17) is 14.2 Å². The van der Waals surface area contributed by atoms with Crippen LogP contribution in [0, 0.1) is 0 Å². The van der Waals surface area contributed by atoms with Gasteiger partial charge < -0.3 is 19.1 Å². The molecule has 2 aliphatic heterocycles. The highest BCUT2D eigenvalue weighted by molar-refractivity contribution is 5.78. The number of nitrogens with zero attached hydrogens (tertiary/aromatic N) is 5. The summed E-state index contributed by atoms with van der Waals surface area (Å²) in [4.78, 5) is 18.1. The zero-order chi connectivity index (χ0) is 27.2. The summed E-state index contributed by atoms with van der Waals surface area (Å²) in [7, 11) is 1.66. The zero-order valence-corrected chi connectivity index (χ0v) is 23.0. The van der Waals surface area contributed by atoms with Gasteiger partial charge in [0.05, 0.1) is 19.6 Å². The van der Waals surface area contributed by atoms with Crippen molar-refractivity contribution in [2.45, 2.75) is 57.4 Å². The number of ether oxygens (including phenoxy) is 3. The molecule has 3 heterocycles. The van der Waals surface area contributed by atoms with Crippen LogP contribution in [0.1, 0.15) is 74.4 Å². The van der Waals surface area contributed by atoms with Crippen LogP contribution in [0.15, 0.2) is 42.5 Å². The van der Waals surface area contributed by atoms with Gasteiger partial charge in [-0.15, -0.1) is 10.2 Å². The molecule has 0 bridgehead atoms. The average molecular weight is 535 g/mol. The zero-order valence-electron chi connectivity index (χ0n) is 23.0. The molecule has 3 aromatic rings. The number of aromatic amines is 1. The Morgan fingerprint density at radius 3 is 2.44 bits per heavy atom. The molecule has 2 aromatic carbocycles. The van der Waals surface area contributed by atoms with E-state index in [-0.39, 0.29) is 30.6 Å². The molecule has 0 radical (unpaired) electrons. The topological polar surface area (TPSA) is 106 Å². The van der Waals surface area contributed by atoms with E-state index >= 15 is 0 Å². The van der Waals surface area contributed by atoms with E-state index in [1.807, 2.05) is 29.2 Å². The third-order valence-corrected chi connectivity index (χ3v) is 7.79. The molecule has 0 unspecified atom stereocenters. The number of H-pyrrole nitrogens is 1. The number of carbonyl (C=O) groups excluding carboxylic acids is 1. The summed E-state index contributed by atoms with van der Waals surface area (Å²) in [6, 6.07) is 14.0. The fourth-order valence-electron chi connectivity index (χ4n) is 5.73. The first-order valence-electron chi connectivity index (χ1n) is 13.9. The molecular formula is C29H38N6O4. The lowest BCUT2D eigenvalue weighted by Gasteiger charge is -2.30. The minimum atomic E-state index is -0.134. The van der Waals surface area contributed by atoms with E-state index in [0.717, 1.165) is 67.1 Å². The maximum atomic E-state index is 13.8. The van der Waals surface area contributed by atoms with Crippen LogP contribution >= 0.6 is 0 Å². The van der Waals surface area contributed by atoms with Gasteiger partial charge in [-0.25, -0.2) is 0 Å². The SMILES string of the molecule is CCCCN(CCCC)C(=O)CN1C[C@H](c2ccc3c(c2)OCO3)[C@H](c2nn[nH]n2)[C@H]1c1ccc(OC)cc1. The number of hydrogen-bond acceptors (Lipinski definition) is 8. The first kappa shape index (κ1) is 26.9. The average Bonchev–Trinajstić information content (AvgIpc) is 3.72. The van der Waals surface area contributed by atoms with E-state index in [2.05, 4.69) is 57.6 Å². The van der Waals surface area contributed by atoms with Crippen LogP contribution in [0.5, 0.6) is 17.2 Å². The Hall–Kier alpha value is -3.66. The number of fused-ring (bicyclic) bond motifs is 1. The fourth-order valence-corrected chi connectivity index (χ4v) is 5.73. The number of likely N-dealkylation sites (tertiary alicyclic amines) is 1. The highest BCUT2D eigenvalue weighted by Crippen LogP contribution is 2.51. The van der Waals surface area contributed by atoms with Gasteiger partial charge in [0.15, 0.2) is 17.3 Å². The summed E-state index contributed by atoms with van der Waals surface area (Å²) in [5, 5.41) is 15.4. The van der Waals surface area contributed by atoms with Crippen molar-refractivity contribution in [3.63, 3.8) is 0 Å². The number of methoxy groups -OCH3 is 1. The van der Waals surface area contributed by atoms with Crippen LogP contribution in [0.25, 0.3) is 0 Å². The van der Waals surface area contributed by atoms with Crippen molar-refractivity contribution in [1.29, 1.82) is 0 Å². The highest BCUT2D eigenvalue weighted by Gasteiger charge is 2.47. The summed E-state index contributed by atoms with van der Waals surface area (Å²) >= 11 is 0. The first-order valence-corrected chi connectivity index (χ1v) is 13.9. The summed E-state index contributed by atoms with van der Waals surface area (Å²) in [5.74, 6) is 2.93. The van der Waals surface area contributed by atoms with Crippen molar-refractivity contribution in [3.05, 3.63) is 59.4 Å². The Morgan fingerprint density at radius 2 is 1.77 bits per heavy atom. The van der Waals surface area contributed by atoms with Crippen molar-refractivity contribution in [2.24, 2.45) is 0 Å². The predicted octanol–water partition coefficient (Wildman–Crippen LogP) is 4.29. The van der Waals surface area contributed by atoms with Crippen molar-refractivity contribution >= 4 is 5.91 Å². The number of carbonyl (C=O) groups is 1. The van der Waals surface area contributed by atoms with Crippen molar-refractivity contribution in [1.82, 2.24) is 30.4 Å². The van der Waals surface area contributed by atoms with E-state index in [0.29, 0.717) is 18.9 Å². The van der Waals surface area contributed by atoms with Gasteiger partial charge >= 0.3 is 0 Å². The smallest absolute Gasteiger partial charge is 0.236 e. The number of nitrogens with one attached hydrogen (secondary N) is 1. The number of unbranched alkanes of at least 4 members (excludes halogenated alkanes) is 2. The minimum absolute atomic E-state index is 0.0109. The van der Waals surface area contributed by atoms with Crippen molar-refractivity contribution in [3.8, 4) is 17.2 Å². The van der Waals surface area contributed by atoms with Crippen LogP contribution < -0.4 is 14.2 Å². The number of amides is 1. The monoisotopic (exact) mass is 534 g/mol. The Labute approximate surface area is 229 Å². The van der Waals surface area contributed by atoms with E-state index in [1.54, 1.807) is 7.11 Å². The summed E-state index contributed by atoms with van der Waals surface area (Å²) in [5.41, 5.74) is 2.17. The molecule has 2 aliphatic rings. The number of hydrogen-bond donors (Lipinski definition) is 1. The lowest BCUT2D eigenvalue weighted by molar-refractivity contribution is -0.132. The number of tetrazole rings is 1. The minimum Gasteiger partial charge on any atom is -0.497 e. The third-order valence-electron chi connectivity index (χ3n) is 7.79. The van der Waals surface area contributed by atoms with Gasteiger partial charge in [0, 0.05) is 31.6 Å². The van der Waals surface area contributed by atoms with Crippen LogP contribution in [0.2, 0.25) is 0 Å². The molecule has 1 N–H and O–H groups in total. The second kappa shape index (κ2) is 12.5. The maximum Gasteiger partial charge on any atom is 0.236 e. The molecule has 1 saturated heterocycles. The van der Waals surface area contributed by atoms with Gasteiger partial charge in [-0.3, -0.25) is 9.69 Å². The van der Waals surface area contributed by atoms with Crippen molar-refractivity contribution < 1.29 is 19.0 Å². The summed E-state index contributed by atoms with van der Waals surface area (Å²) < 4.78 is 16.7. The van der Waals surface area contributed by atoms with Gasteiger partial charge in [-0.05, 0) is 48.2 Å². The van der Waals surface area contributed by atoms with Gasteiger partial charge in [0.25, 0.3) is 0 Å². The van der Waals surface area contributed by atoms with Crippen molar-refractivity contribution in [2.75, 3.05) is 40.1 Å². The van der Waals surface area contributed by atoms with Gasteiger partial charge in [-0.1, -0.05) is 50.1 Å². The molecule has 0 spiro atoms. The first-order chi connectivity index (χ1) is 19.1. The quantitative estimate of drug-likeness (QED) is 0.367. The van der Waals surface area contributed by atoms with Gasteiger partial charge in [-0.2, -0.15) is 5.21 Å². The molecule has 10 heteroatoms. The molecule has 3 atom stereocenters. The van der Waals surface area contributed by atoms with Crippen LogP contribution in [0.3, 0.4) is 0 Å². The molecule has 0 saturated carbocycles. The molecule has 39 heavy (non-hydrogen) atoms. The van der Waals surface area contributed by atoms with Crippen LogP contribution in [-0.4, -0.2) is 76.4 Å². The molecule has 208 valence electrons. The fraction of sp³-hybridized carbons (Fsp3) is 0.517. The second-order valence-corrected chi connectivity index (χ2v) is 10.3.